The van der Waals surface area contributed by atoms with Crippen molar-refractivity contribution in [3.8, 4) is 16.8 Å². The Bertz CT molecular complexity index is 688. The summed E-state index contributed by atoms with van der Waals surface area (Å²) in [5.41, 5.74) is 1.83. The van der Waals surface area contributed by atoms with Gasteiger partial charge in [0, 0.05) is 23.6 Å². The largest absolute Gasteiger partial charge is 0.454 e. The monoisotopic (exact) mass is 254 g/mol. The number of para-hydroxylation sites is 1. The molecule has 0 bridgehead atoms. The van der Waals surface area contributed by atoms with Gasteiger partial charge in [0.15, 0.2) is 10.8 Å². The molecule has 0 aliphatic carbocycles. The number of benzene rings is 1. The molecular formula is C14H10N2OS. The second kappa shape index (κ2) is 4.63. The van der Waals surface area contributed by atoms with Gasteiger partial charge in [-0.15, -0.1) is 11.3 Å². The summed E-state index contributed by atoms with van der Waals surface area (Å²) in [5.74, 6) is 0.796. The number of hydrogen-bond donors (Lipinski definition) is 0. The van der Waals surface area contributed by atoms with E-state index in [1.54, 1.807) is 11.3 Å². The van der Waals surface area contributed by atoms with Gasteiger partial charge in [0.25, 0.3) is 0 Å². The van der Waals surface area contributed by atoms with E-state index in [0.29, 0.717) is 12.8 Å². The van der Waals surface area contributed by atoms with Crippen LogP contribution in [0.2, 0.25) is 0 Å². The van der Waals surface area contributed by atoms with E-state index in [1.807, 2.05) is 35.7 Å². The number of thiazole rings is 1. The second-order valence-corrected chi connectivity index (χ2v) is 4.81. The van der Waals surface area contributed by atoms with Gasteiger partial charge in [0.05, 0.1) is 11.8 Å². The average Bonchev–Trinajstić information content (AvgIpc) is 3.02. The molecule has 4 heteroatoms. The fourth-order valence-electron chi connectivity index (χ4n) is 1.81. The van der Waals surface area contributed by atoms with E-state index in [9.17, 15) is 0 Å². The van der Waals surface area contributed by atoms with E-state index in [2.05, 4.69) is 11.1 Å². The molecule has 18 heavy (non-hydrogen) atoms. The lowest BCUT2D eigenvalue weighted by atomic mass is 10.2. The van der Waals surface area contributed by atoms with Gasteiger partial charge in [-0.3, -0.25) is 0 Å². The van der Waals surface area contributed by atoms with Gasteiger partial charge in [-0.1, -0.05) is 18.2 Å². The first kappa shape index (κ1) is 11.0. The van der Waals surface area contributed by atoms with Crippen molar-refractivity contribution in [3.63, 3.8) is 0 Å². The fourth-order valence-corrected chi connectivity index (χ4v) is 2.61. The van der Waals surface area contributed by atoms with Crippen LogP contribution in [-0.4, -0.2) is 4.98 Å². The molecule has 3 aromatic rings. The highest BCUT2D eigenvalue weighted by molar-refractivity contribution is 7.13. The smallest absolute Gasteiger partial charge is 0.164 e. The van der Waals surface area contributed by atoms with Gasteiger partial charge in [-0.2, -0.15) is 5.26 Å². The molecule has 2 aromatic heterocycles. The third-order valence-corrected chi connectivity index (χ3v) is 3.59. The number of fused-ring (bicyclic) bond motifs is 1. The second-order valence-electron chi connectivity index (χ2n) is 3.95. The van der Waals surface area contributed by atoms with Gasteiger partial charge in [0.1, 0.15) is 5.58 Å². The highest BCUT2D eigenvalue weighted by Gasteiger charge is 2.09. The number of hydrogen-bond acceptors (Lipinski definition) is 4. The van der Waals surface area contributed by atoms with Crippen LogP contribution in [0.15, 0.2) is 40.1 Å². The maximum absolute atomic E-state index is 8.55. The molecule has 0 saturated heterocycles. The van der Waals surface area contributed by atoms with Crippen molar-refractivity contribution >= 4 is 22.3 Å². The molecule has 0 aliphatic rings. The molecular weight excluding hydrogens is 244 g/mol. The predicted octanol–water partition coefficient (Wildman–Crippen LogP) is 4.01. The number of rotatable bonds is 3. The van der Waals surface area contributed by atoms with Gasteiger partial charge in [0.2, 0.25) is 0 Å². The Balaban J connectivity index is 1.94. The molecule has 0 N–H and O–H groups in total. The van der Waals surface area contributed by atoms with Crippen molar-refractivity contribution in [2.45, 2.75) is 12.8 Å². The average molecular weight is 254 g/mol. The minimum absolute atomic E-state index is 0.503. The maximum atomic E-state index is 8.55. The van der Waals surface area contributed by atoms with Crippen molar-refractivity contribution in [2.75, 3.05) is 0 Å². The van der Waals surface area contributed by atoms with E-state index >= 15 is 0 Å². The van der Waals surface area contributed by atoms with Crippen LogP contribution in [0.1, 0.15) is 12.1 Å². The first-order valence-electron chi connectivity index (χ1n) is 5.67. The molecule has 0 amide bonds. The highest BCUT2D eigenvalue weighted by atomic mass is 32.1. The molecule has 3 rings (SSSR count). The molecule has 0 unspecified atom stereocenters. The summed E-state index contributed by atoms with van der Waals surface area (Å²) in [4.78, 5) is 4.49. The minimum atomic E-state index is 0.503. The zero-order valence-electron chi connectivity index (χ0n) is 9.59. The Labute approximate surface area is 108 Å². The summed E-state index contributed by atoms with van der Waals surface area (Å²) in [7, 11) is 0. The lowest BCUT2D eigenvalue weighted by Crippen LogP contribution is -1.83. The van der Waals surface area contributed by atoms with E-state index in [-0.39, 0.29) is 0 Å². The molecule has 0 aliphatic heterocycles. The molecule has 0 fully saturated rings. The lowest BCUT2D eigenvalue weighted by Gasteiger charge is -1.88. The van der Waals surface area contributed by atoms with E-state index < -0.39 is 0 Å². The summed E-state index contributed by atoms with van der Waals surface area (Å²) in [6.07, 6.45) is 1.20. The van der Waals surface area contributed by atoms with Crippen LogP contribution >= 0.6 is 11.3 Å². The van der Waals surface area contributed by atoms with Crippen molar-refractivity contribution < 1.29 is 4.42 Å². The Kier molecular flexibility index (Phi) is 2.83. The Hall–Kier alpha value is -2.12. The summed E-state index contributed by atoms with van der Waals surface area (Å²) < 4.78 is 5.75. The first-order valence-corrected chi connectivity index (χ1v) is 6.55. The molecule has 0 atom stereocenters. The van der Waals surface area contributed by atoms with Crippen molar-refractivity contribution in [3.05, 3.63) is 41.4 Å². The summed E-state index contributed by atoms with van der Waals surface area (Å²) >= 11 is 1.55. The fraction of sp³-hybridized carbons (Fsp3) is 0.143. The number of aromatic nitrogens is 1. The zero-order valence-corrected chi connectivity index (χ0v) is 10.4. The zero-order chi connectivity index (χ0) is 12.4. The maximum Gasteiger partial charge on any atom is 0.164 e. The van der Waals surface area contributed by atoms with Gasteiger partial charge in [-0.05, 0) is 12.1 Å². The molecule has 0 saturated carbocycles. The standard InChI is InChI=1S/C14H10N2OS/c15-7-3-5-11-9-18-14(16-11)13-8-10-4-1-2-6-12(10)17-13/h1-2,4,6,8-9H,3,5H2. The SMILES string of the molecule is N#CCCc1csc(-c2cc3ccccc3o2)n1. The van der Waals surface area contributed by atoms with E-state index in [0.717, 1.165) is 27.4 Å². The van der Waals surface area contributed by atoms with Crippen LogP contribution in [0.3, 0.4) is 0 Å². The van der Waals surface area contributed by atoms with Crippen LogP contribution < -0.4 is 0 Å². The summed E-state index contributed by atoms with van der Waals surface area (Å²) in [6, 6.07) is 12.0. The van der Waals surface area contributed by atoms with Crippen molar-refractivity contribution in [1.82, 2.24) is 4.98 Å². The number of aryl methyl sites for hydroxylation is 1. The molecule has 1 aromatic carbocycles. The Morgan fingerprint density at radius 3 is 3.06 bits per heavy atom. The third kappa shape index (κ3) is 2.01. The molecule has 2 heterocycles. The topological polar surface area (TPSA) is 49.8 Å². The minimum Gasteiger partial charge on any atom is -0.454 e. The van der Waals surface area contributed by atoms with Gasteiger partial charge in [-0.25, -0.2) is 4.98 Å². The Morgan fingerprint density at radius 2 is 2.22 bits per heavy atom. The van der Waals surface area contributed by atoms with E-state index in [1.165, 1.54) is 0 Å². The lowest BCUT2D eigenvalue weighted by molar-refractivity contribution is 0.630. The molecule has 0 spiro atoms. The van der Waals surface area contributed by atoms with Gasteiger partial charge < -0.3 is 4.42 Å². The van der Waals surface area contributed by atoms with E-state index in [4.69, 9.17) is 9.68 Å². The van der Waals surface area contributed by atoms with Crippen LogP contribution in [-0.2, 0) is 6.42 Å². The quantitative estimate of drug-likeness (QED) is 0.709. The van der Waals surface area contributed by atoms with Crippen molar-refractivity contribution in [2.24, 2.45) is 0 Å². The number of furan rings is 1. The van der Waals surface area contributed by atoms with Crippen LogP contribution in [0.4, 0.5) is 0 Å². The first-order chi connectivity index (χ1) is 8.86. The molecule has 3 nitrogen and oxygen atoms in total. The normalized spacial score (nSPS) is 10.6. The summed E-state index contributed by atoms with van der Waals surface area (Å²) in [6.45, 7) is 0. The van der Waals surface area contributed by atoms with Crippen molar-refractivity contribution in [1.29, 1.82) is 5.26 Å². The van der Waals surface area contributed by atoms with Crippen LogP contribution in [0.5, 0.6) is 0 Å². The predicted molar refractivity (Wildman–Crippen MR) is 71.3 cm³/mol. The molecule has 88 valence electrons. The number of nitrogens with zero attached hydrogens (tertiary/aromatic N) is 2. The highest BCUT2D eigenvalue weighted by Crippen LogP contribution is 2.30. The molecule has 0 radical (unpaired) electrons. The van der Waals surface area contributed by atoms with Crippen LogP contribution in [0, 0.1) is 11.3 Å². The third-order valence-electron chi connectivity index (χ3n) is 2.68. The number of nitriles is 1. The Morgan fingerprint density at radius 1 is 1.33 bits per heavy atom. The summed E-state index contributed by atoms with van der Waals surface area (Å²) in [5, 5.41) is 12.5. The van der Waals surface area contributed by atoms with Gasteiger partial charge >= 0.3 is 0 Å². The van der Waals surface area contributed by atoms with Crippen LogP contribution in [0.25, 0.3) is 21.7 Å².